The van der Waals surface area contributed by atoms with Gasteiger partial charge in [-0.1, -0.05) is 6.92 Å². The van der Waals surface area contributed by atoms with Gasteiger partial charge in [0.15, 0.2) is 15.5 Å². The smallest absolute Gasteiger partial charge is 0.229 e. The molecule has 1 aromatic carbocycles. The Bertz CT molecular complexity index is 1710. The zero-order valence-electron chi connectivity index (χ0n) is 22.4. The molecule has 216 valence electrons. The van der Waals surface area contributed by atoms with Crippen LogP contribution in [0.1, 0.15) is 36.8 Å². The van der Waals surface area contributed by atoms with Crippen molar-refractivity contribution in [3.05, 3.63) is 71.7 Å². The van der Waals surface area contributed by atoms with Crippen LogP contribution in [0.4, 0.5) is 24.8 Å². The van der Waals surface area contributed by atoms with E-state index in [1.165, 1.54) is 16.8 Å². The van der Waals surface area contributed by atoms with E-state index in [0.29, 0.717) is 24.0 Å². The monoisotopic (exact) mass is 586 g/mol. The number of alkyl halides is 1. The van der Waals surface area contributed by atoms with Crippen molar-refractivity contribution in [2.45, 2.75) is 42.6 Å². The Morgan fingerprint density at radius 3 is 2.49 bits per heavy atom. The fourth-order valence-corrected chi connectivity index (χ4v) is 7.87. The largest absolute Gasteiger partial charge is 0.374 e. The number of rotatable bonds is 6. The average molecular weight is 587 g/mol. The molecule has 1 aliphatic carbocycles. The number of ether oxygens (including phenoxy) is 1. The van der Waals surface area contributed by atoms with Gasteiger partial charge < -0.3 is 15.8 Å². The molecule has 13 heteroatoms. The first kappa shape index (κ1) is 27.6. The lowest BCUT2D eigenvalue weighted by atomic mass is 9.76. The minimum Gasteiger partial charge on any atom is -0.374 e. The predicted molar refractivity (Wildman–Crippen MR) is 147 cm³/mol. The molecule has 4 aromatic rings. The molecule has 0 unspecified atom stereocenters. The lowest BCUT2D eigenvalue weighted by Crippen LogP contribution is -2.48. The second kappa shape index (κ2) is 10.1. The van der Waals surface area contributed by atoms with Crippen molar-refractivity contribution >= 4 is 27.0 Å². The number of nitrogens with one attached hydrogen (secondary N) is 1. The van der Waals surface area contributed by atoms with Crippen LogP contribution < -0.4 is 11.1 Å². The highest BCUT2D eigenvalue weighted by molar-refractivity contribution is 7.91. The lowest BCUT2D eigenvalue weighted by molar-refractivity contribution is -0.135. The Balaban J connectivity index is 1.32. The molecule has 1 saturated heterocycles. The first-order valence-electron chi connectivity index (χ1n) is 13.2. The SMILES string of the molecule is C[C@H]1C[C@@H](c2ccncc2Nc2ncc3ccc(-c4c(F)cc(C5(F)COC5)cc4F)nn23)C[C@@H](N)[C@@H]1S(C)(=O)=O. The van der Waals surface area contributed by atoms with Crippen molar-refractivity contribution in [3.8, 4) is 11.3 Å². The topological polar surface area (TPSA) is 124 Å². The molecule has 2 aliphatic rings. The summed E-state index contributed by atoms with van der Waals surface area (Å²) in [5.74, 6) is -1.76. The van der Waals surface area contributed by atoms with Gasteiger partial charge in [0, 0.05) is 18.5 Å². The van der Waals surface area contributed by atoms with Crippen LogP contribution >= 0.6 is 0 Å². The highest BCUT2D eigenvalue weighted by Gasteiger charge is 2.42. The highest BCUT2D eigenvalue weighted by Crippen LogP contribution is 2.41. The van der Waals surface area contributed by atoms with Gasteiger partial charge in [-0.25, -0.2) is 26.6 Å². The Morgan fingerprint density at radius 2 is 1.85 bits per heavy atom. The average Bonchev–Trinajstić information content (AvgIpc) is 3.28. The van der Waals surface area contributed by atoms with Crippen LogP contribution in [0.5, 0.6) is 0 Å². The maximum absolute atomic E-state index is 15.1. The van der Waals surface area contributed by atoms with Crippen molar-refractivity contribution < 1.29 is 26.3 Å². The Kier molecular flexibility index (Phi) is 6.78. The summed E-state index contributed by atoms with van der Waals surface area (Å²) in [6.07, 6.45) is 7.18. The number of hydrogen-bond acceptors (Lipinski definition) is 8. The van der Waals surface area contributed by atoms with Gasteiger partial charge in [-0.15, -0.1) is 0 Å². The van der Waals surface area contributed by atoms with Gasteiger partial charge >= 0.3 is 0 Å². The molecule has 9 nitrogen and oxygen atoms in total. The molecule has 6 rings (SSSR count). The van der Waals surface area contributed by atoms with E-state index in [2.05, 4.69) is 20.4 Å². The number of pyridine rings is 1. The summed E-state index contributed by atoms with van der Waals surface area (Å²) in [7, 11) is -3.30. The number of nitrogens with zero attached hydrogens (tertiary/aromatic N) is 4. The van der Waals surface area contributed by atoms with E-state index in [-0.39, 0.29) is 47.8 Å². The zero-order chi connectivity index (χ0) is 29.1. The number of imidazole rings is 1. The fourth-order valence-electron chi connectivity index (χ4n) is 6.17. The van der Waals surface area contributed by atoms with Crippen LogP contribution in [-0.2, 0) is 20.2 Å². The number of benzene rings is 1. The van der Waals surface area contributed by atoms with Crippen molar-refractivity contribution in [2.75, 3.05) is 24.8 Å². The number of hydrogen-bond donors (Lipinski definition) is 2. The first-order valence-corrected chi connectivity index (χ1v) is 15.2. The van der Waals surface area contributed by atoms with E-state index < -0.39 is 38.4 Å². The summed E-state index contributed by atoms with van der Waals surface area (Å²) in [5, 5.41) is 7.06. The quantitative estimate of drug-likeness (QED) is 0.344. The van der Waals surface area contributed by atoms with Crippen LogP contribution in [0.2, 0.25) is 0 Å². The summed E-state index contributed by atoms with van der Waals surface area (Å²) in [6, 6.07) is 6.40. The number of nitrogens with two attached hydrogens (primary N) is 1. The van der Waals surface area contributed by atoms with Crippen LogP contribution in [0.3, 0.4) is 0 Å². The maximum Gasteiger partial charge on any atom is 0.229 e. The van der Waals surface area contributed by atoms with E-state index in [4.69, 9.17) is 10.5 Å². The van der Waals surface area contributed by atoms with E-state index in [0.717, 1.165) is 17.7 Å². The second-order valence-electron chi connectivity index (χ2n) is 11.1. The van der Waals surface area contributed by atoms with Crippen LogP contribution in [0.15, 0.2) is 48.9 Å². The fraction of sp³-hybridized carbons (Fsp3) is 0.393. The van der Waals surface area contributed by atoms with Crippen LogP contribution in [-0.4, -0.2) is 58.8 Å². The Hall–Kier alpha value is -3.55. The van der Waals surface area contributed by atoms with Crippen molar-refractivity contribution in [2.24, 2.45) is 11.7 Å². The molecule has 0 spiro atoms. The third-order valence-corrected chi connectivity index (χ3v) is 9.90. The standard InChI is InChI=1S/C28H29F3N6O3S/c1-15-7-16(8-22(32)26(15)41(2,38)39)19-5-6-33-12-24(19)35-27-34-11-18-3-4-23(36-37(18)27)25-20(29)9-17(10-21(25)30)28(31)13-40-14-28/h3-6,9-12,15-16,22,26H,7-8,13-14,32H2,1-2H3,(H,34,35)/t15-,16+,22+,26+/m0/s1. The number of anilines is 2. The summed E-state index contributed by atoms with van der Waals surface area (Å²) < 4.78 is 75.8. The van der Waals surface area contributed by atoms with Crippen molar-refractivity contribution in [1.29, 1.82) is 0 Å². The second-order valence-corrected chi connectivity index (χ2v) is 13.3. The number of sulfone groups is 1. The normalized spacial score (nSPS) is 24.2. The molecule has 4 heterocycles. The zero-order valence-corrected chi connectivity index (χ0v) is 23.2. The summed E-state index contributed by atoms with van der Waals surface area (Å²) in [5.41, 5.74) is 6.05. The summed E-state index contributed by atoms with van der Waals surface area (Å²) in [4.78, 5) is 8.64. The molecule has 0 bridgehead atoms. The number of halogens is 3. The van der Waals surface area contributed by atoms with Gasteiger partial charge in [-0.05, 0) is 66.1 Å². The molecule has 4 atom stereocenters. The molecule has 1 saturated carbocycles. The van der Waals surface area contributed by atoms with Gasteiger partial charge in [0.1, 0.15) is 11.6 Å². The minimum absolute atomic E-state index is 0.00294. The highest BCUT2D eigenvalue weighted by atomic mass is 32.2. The molecule has 3 N–H and O–H groups in total. The van der Waals surface area contributed by atoms with E-state index in [9.17, 15) is 12.8 Å². The van der Waals surface area contributed by atoms with E-state index in [1.807, 2.05) is 13.0 Å². The van der Waals surface area contributed by atoms with Gasteiger partial charge in [0.05, 0.1) is 53.3 Å². The maximum atomic E-state index is 15.1. The Labute approximate surface area is 234 Å². The van der Waals surface area contributed by atoms with Gasteiger partial charge in [0.25, 0.3) is 0 Å². The molecule has 0 radical (unpaired) electrons. The van der Waals surface area contributed by atoms with Gasteiger partial charge in [-0.2, -0.15) is 9.61 Å². The minimum atomic E-state index is -3.30. The Morgan fingerprint density at radius 1 is 1.12 bits per heavy atom. The molecular formula is C28H29F3N6O3S. The van der Waals surface area contributed by atoms with Crippen molar-refractivity contribution in [1.82, 2.24) is 19.6 Å². The summed E-state index contributed by atoms with van der Waals surface area (Å²) >= 11 is 0. The van der Waals surface area contributed by atoms with Gasteiger partial charge in [-0.3, -0.25) is 4.98 Å². The predicted octanol–water partition coefficient (Wildman–Crippen LogP) is 4.26. The van der Waals surface area contributed by atoms with E-state index >= 15 is 8.78 Å². The number of fused-ring (bicyclic) bond motifs is 1. The molecule has 0 amide bonds. The molecule has 3 aromatic heterocycles. The molecule has 2 fully saturated rings. The lowest BCUT2D eigenvalue weighted by Gasteiger charge is -2.38. The molecule has 1 aliphatic heterocycles. The third kappa shape index (κ3) is 4.95. The third-order valence-electron chi connectivity index (χ3n) is 8.09. The molecule has 41 heavy (non-hydrogen) atoms. The van der Waals surface area contributed by atoms with Crippen LogP contribution in [0, 0.1) is 17.6 Å². The van der Waals surface area contributed by atoms with Crippen LogP contribution in [0.25, 0.3) is 16.8 Å². The van der Waals surface area contributed by atoms with E-state index in [1.54, 1.807) is 24.7 Å². The summed E-state index contributed by atoms with van der Waals surface area (Å²) in [6.45, 7) is 1.40. The molecular weight excluding hydrogens is 557 g/mol. The first-order chi connectivity index (χ1) is 19.4. The number of aromatic nitrogens is 4. The van der Waals surface area contributed by atoms with Crippen molar-refractivity contribution in [3.63, 3.8) is 0 Å². The van der Waals surface area contributed by atoms with Gasteiger partial charge in [0.2, 0.25) is 5.95 Å².